The molecule has 16 heavy (non-hydrogen) atoms. The van der Waals surface area contributed by atoms with Gasteiger partial charge in [0.15, 0.2) is 0 Å². The van der Waals surface area contributed by atoms with Crippen LogP contribution in [0.4, 0.5) is 4.39 Å². The van der Waals surface area contributed by atoms with Gasteiger partial charge in [-0.2, -0.15) is 0 Å². The second-order valence-electron chi connectivity index (χ2n) is 5.19. The molecule has 1 nitrogen and oxygen atoms in total. The summed E-state index contributed by atoms with van der Waals surface area (Å²) in [7, 11) is 0. The zero-order chi connectivity index (χ0) is 12.3. The van der Waals surface area contributed by atoms with Gasteiger partial charge in [-0.1, -0.05) is 38.4 Å². The molecule has 0 spiro atoms. The maximum Gasteiger partial charge on any atom is 0.124 e. The van der Waals surface area contributed by atoms with E-state index in [0.29, 0.717) is 11.4 Å². The van der Waals surface area contributed by atoms with Crippen LogP contribution >= 0.6 is 11.6 Å². The van der Waals surface area contributed by atoms with E-state index in [9.17, 15) is 9.50 Å². The largest absolute Gasteiger partial charge is 0.396 e. The Balaban J connectivity index is 2.86. The van der Waals surface area contributed by atoms with Gasteiger partial charge in [-0.25, -0.2) is 4.39 Å². The lowest BCUT2D eigenvalue weighted by Gasteiger charge is -2.29. The lowest BCUT2D eigenvalue weighted by molar-refractivity contribution is 0.131. The van der Waals surface area contributed by atoms with Crippen molar-refractivity contribution in [2.24, 2.45) is 11.3 Å². The quantitative estimate of drug-likeness (QED) is 0.860. The minimum absolute atomic E-state index is 0.00641. The summed E-state index contributed by atoms with van der Waals surface area (Å²) in [5.74, 6) is -0.208. The highest BCUT2D eigenvalue weighted by molar-refractivity contribution is 6.31. The second kappa shape index (κ2) is 5.15. The van der Waals surface area contributed by atoms with Gasteiger partial charge in [0, 0.05) is 11.6 Å². The molecule has 0 bridgehead atoms. The zero-order valence-corrected chi connectivity index (χ0v) is 10.7. The molecule has 0 aliphatic carbocycles. The van der Waals surface area contributed by atoms with Gasteiger partial charge in [-0.05, 0) is 35.4 Å². The van der Waals surface area contributed by atoms with E-state index < -0.39 is 0 Å². The first-order valence-corrected chi connectivity index (χ1v) is 5.77. The third-order valence-corrected chi connectivity index (χ3v) is 3.28. The molecule has 0 heterocycles. The van der Waals surface area contributed by atoms with Crippen LogP contribution in [0.15, 0.2) is 18.2 Å². The lowest BCUT2D eigenvalue weighted by Crippen LogP contribution is -2.26. The molecule has 0 amide bonds. The van der Waals surface area contributed by atoms with Crippen molar-refractivity contribution in [3.05, 3.63) is 34.6 Å². The average molecular weight is 245 g/mol. The molecular formula is C13H18ClFO. The van der Waals surface area contributed by atoms with Crippen molar-refractivity contribution < 1.29 is 9.50 Å². The standard InChI is InChI=1S/C13H18ClFO/c1-13(2,3)10(8-16)6-9-4-5-11(15)7-12(9)14/h4-5,7,10,16H,6,8H2,1-3H3. The minimum atomic E-state index is -0.329. The molecule has 0 saturated carbocycles. The molecule has 0 radical (unpaired) electrons. The van der Waals surface area contributed by atoms with E-state index in [0.717, 1.165) is 5.56 Å². The number of halogens is 2. The Hall–Kier alpha value is -0.600. The highest BCUT2D eigenvalue weighted by atomic mass is 35.5. The molecule has 0 saturated heterocycles. The van der Waals surface area contributed by atoms with Crippen LogP contribution in [-0.4, -0.2) is 11.7 Å². The molecule has 1 aromatic rings. The van der Waals surface area contributed by atoms with Gasteiger partial charge in [0.05, 0.1) is 0 Å². The number of hydrogen-bond donors (Lipinski definition) is 1. The fourth-order valence-electron chi connectivity index (χ4n) is 1.60. The normalized spacial score (nSPS) is 13.9. The van der Waals surface area contributed by atoms with Gasteiger partial charge < -0.3 is 5.11 Å². The van der Waals surface area contributed by atoms with Crippen LogP contribution in [0.25, 0.3) is 0 Å². The maximum absolute atomic E-state index is 12.9. The van der Waals surface area contributed by atoms with E-state index in [1.54, 1.807) is 6.07 Å². The summed E-state index contributed by atoms with van der Waals surface area (Å²) in [5, 5.41) is 9.78. The first-order chi connectivity index (χ1) is 7.34. The van der Waals surface area contributed by atoms with Crippen molar-refractivity contribution in [1.82, 2.24) is 0 Å². The SMILES string of the molecule is CC(C)(C)C(CO)Cc1ccc(F)cc1Cl. The number of benzene rings is 1. The Labute approximate surface area is 101 Å². The Kier molecular flexibility index (Phi) is 4.34. The van der Waals surface area contributed by atoms with Crippen LogP contribution in [0.5, 0.6) is 0 Å². The third-order valence-electron chi connectivity index (χ3n) is 2.93. The van der Waals surface area contributed by atoms with Crippen molar-refractivity contribution in [1.29, 1.82) is 0 Å². The van der Waals surface area contributed by atoms with Crippen molar-refractivity contribution >= 4 is 11.6 Å². The molecule has 0 aromatic heterocycles. The molecule has 0 fully saturated rings. The van der Waals surface area contributed by atoms with E-state index in [4.69, 9.17) is 11.6 Å². The summed E-state index contributed by atoms with van der Waals surface area (Å²) < 4.78 is 12.9. The van der Waals surface area contributed by atoms with Crippen molar-refractivity contribution in [2.45, 2.75) is 27.2 Å². The second-order valence-corrected chi connectivity index (χ2v) is 5.59. The third kappa shape index (κ3) is 3.46. The highest BCUT2D eigenvalue weighted by Crippen LogP contribution is 2.30. The summed E-state index contributed by atoms with van der Waals surface area (Å²) in [4.78, 5) is 0. The Morgan fingerprint density at radius 3 is 2.44 bits per heavy atom. The fourth-order valence-corrected chi connectivity index (χ4v) is 1.84. The first-order valence-electron chi connectivity index (χ1n) is 5.39. The predicted molar refractivity (Wildman–Crippen MR) is 65.1 cm³/mol. The maximum atomic E-state index is 12.9. The fraction of sp³-hybridized carbons (Fsp3) is 0.538. The summed E-state index contributed by atoms with van der Waals surface area (Å²) in [6, 6.07) is 4.40. The van der Waals surface area contributed by atoms with Gasteiger partial charge in [0.2, 0.25) is 0 Å². The van der Waals surface area contributed by atoms with Crippen LogP contribution in [0.3, 0.4) is 0 Å². The molecule has 3 heteroatoms. The van der Waals surface area contributed by atoms with Gasteiger partial charge in [0.25, 0.3) is 0 Å². The molecule has 0 aliphatic rings. The Morgan fingerprint density at radius 2 is 2.00 bits per heavy atom. The van der Waals surface area contributed by atoms with Crippen LogP contribution in [0.1, 0.15) is 26.3 Å². The van der Waals surface area contributed by atoms with Gasteiger partial charge in [-0.15, -0.1) is 0 Å². The number of rotatable bonds is 3. The average Bonchev–Trinajstić information content (AvgIpc) is 2.14. The Morgan fingerprint density at radius 1 is 1.38 bits per heavy atom. The highest BCUT2D eigenvalue weighted by Gasteiger charge is 2.24. The summed E-state index contributed by atoms with van der Waals surface area (Å²) in [6.45, 7) is 6.33. The molecule has 1 unspecified atom stereocenters. The molecular weight excluding hydrogens is 227 g/mol. The van der Waals surface area contributed by atoms with Crippen LogP contribution < -0.4 is 0 Å². The van der Waals surface area contributed by atoms with Crippen LogP contribution in [0, 0.1) is 17.2 Å². The van der Waals surface area contributed by atoms with Crippen molar-refractivity contribution in [2.75, 3.05) is 6.61 Å². The smallest absolute Gasteiger partial charge is 0.124 e. The van der Waals surface area contributed by atoms with E-state index in [2.05, 4.69) is 20.8 Å². The summed E-state index contributed by atoms with van der Waals surface area (Å²) in [6.07, 6.45) is 0.666. The molecule has 1 atom stereocenters. The van der Waals surface area contributed by atoms with Gasteiger partial charge in [0.1, 0.15) is 5.82 Å². The van der Waals surface area contributed by atoms with Gasteiger partial charge in [-0.3, -0.25) is 0 Å². The molecule has 1 N–H and O–H groups in total. The Bertz CT molecular complexity index is 357. The first kappa shape index (κ1) is 13.5. The summed E-state index contributed by atoms with van der Waals surface area (Å²) in [5.41, 5.74) is 0.893. The topological polar surface area (TPSA) is 20.2 Å². The predicted octanol–water partition coefficient (Wildman–Crippen LogP) is 3.68. The number of aliphatic hydroxyl groups is 1. The molecule has 1 aromatic carbocycles. The number of hydrogen-bond acceptors (Lipinski definition) is 1. The van der Waals surface area contributed by atoms with Crippen molar-refractivity contribution in [3.8, 4) is 0 Å². The van der Waals surface area contributed by atoms with Gasteiger partial charge >= 0.3 is 0 Å². The lowest BCUT2D eigenvalue weighted by atomic mass is 9.78. The molecule has 0 aliphatic heterocycles. The molecule has 1 rings (SSSR count). The van der Waals surface area contributed by atoms with E-state index in [-0.39, 0.29) is 23.8 Å². The minimum Gasteiger partial charge on any atom is -0.396 e. The van der Waals surface area contributed by atoms with E-state index in [1.807, 2.05) is 0 Å². The zero-order valence-electron chi connectivity index (χ0n) is 9.93. The van der Waals surface area contributed by atoms with Crippen LogP contribution in [-0.2, 0) is 6.42 Å². The van der Waals surface area contributed by atoms with Crippen molar-refractivity contribution in [3.63, 3.8) is 0 Å². The van der Waals surface area contributed by atoms with Crippen LogP contribution in [0.2, 0.25) is 5.02 Å². The summed E-state index contributed by atoms with van der Waals surface area (Å²) >= 11 is 5.96. The molecule has 90 valence electrons. The number of aliphatic hydroxyl groups excluding tert-OH is 1. The monoisotopic (exact) mass is 244 g/mol. The van der Waals surface area contributed by atoms with E-state index in [1.165, 1.54) is 12.1 Å². The van der Waals surface area contributed by atoms with E-state index >= 15 is 0 Å².